The number of amides is 1. The van der Waals surface area contributed by atoms with Gasteiger partial charge in [0.2, 0.25) is 0 Å². The van der Waals surface area contributed by atoms with Crippen molar-refractivity contribution in [1.82, 2.24) is 4.90 Å². The van der Waals surface area contributed by atoms with Gasteiger partial charge in [-0.15, -0.1) is 0 Å². The second-order valence-corrected chi connectivity index (χ2v) is 6.24. The minimum atomic E-state index is -0.870. The highest BCUT2D eigenvalue weighted by Gasteiger charge is 2.40. The minimum Gasteiger partial charge on any atom is -0.467 e. The van der Waals surface area contributed by atoms with Gasteiger partial charge in [-0.1, -0.05) is 24.3 Å². The summed E-state index contributed by atoms with van der Waals surface area (Å²) in [6.07, 6.45) is 2.66. The zero-order chi connectivity index (χ0) is 17.2. The van der Waals surface area contributed by atoms with E-state index in [0.717, 1.165) is 0 Å². The van der Waals surface area contributed by atoms with Gasteiger partial charge in [0.15, 0.2) is 6.04 Å². The Hall–Kier alpha value is -2.37. The van der Waals surface area contributed by atoms with Crippen molar-refractivity contribution in [2.75, 3.05) is 7.11 Å². The second kappa shape index (κ2) is 6.40. The number of rotatable bonds is 2. The van der Waals surface area contributed by atoms with E-state index >= 15 is 0 Å². The third-order valence-electron chi connectivity index (χ3n) is 3.33. The lowest BCUT2D eigenvalue weighted by Crippen LogP contribution is -2.45. The molecule has 0 saturated heterocycles. The zero-order valence-electron chi connectivity index (χ0n) is 13.6. The van der Waals surface area contributed by atoms with Crippen molar-refractivity contribution in [3.63, 3.8) is 0 Å². The van der Waals surface area contributed by atoms with Gasteiger partial charge in [0.1, 0.15) is 11.4 Å². The number of carbonyl (C=O) groups excluding carboxylic acids is 2. The Bertz CT molecular complexity index is 618. The van der Waals surface area contributed by atoms with Crippen LogP contribution >= 0.6 is 0 Å². The lowest BCUT2D eigenvalue weighted by Gasteiger charge is -2.31. The van der Waals surface area contributed by atoms with E-state index in [-0.39, 0.29) is 5.82 Å². The number of halogens is 1. The Labute approximate surface area is 134 Å². The molecule has 0 unspecified atom stereocenters. The molecule has 1 heterocycles. The maximum absolute atomic E-state index is 13.1. The third-order valence-corrected chi connectivity index (χ3v) is 3.33. The molecule has 1 amide bonds. The largest absolute Gasteiger partial charge is 0.467 e. The molecular weight excluding hydrogens is 301 g/mol. The molecule has 0 aromatic heterocycles. The van der Waals surface area contributed by atoms with Gasteiger partial charge in [0.05, 0.1) is 13.2 Å². The van der Waals surface area contributed by atoms with E-state index in [1.807, 2.05) is 0 Å². The first kappa shape index (κ1) is 17.0. The molecule has 1 aliphatic rings. The van der Waals surface area contributed by atoms with Crippen molar-refractivity contribution < 1.29 is 23.5 Å². The molecule has 1 aromatic carbocycles. The fraction of sp³-hybridized carbons (Fsp3) is 0.412. The maximum Gasteiger partial charge on any atom is 0.412 e. The van der Waals surface area contributed by atoms with Crippen LogP contribution < -0.4 is 0 Å². The zero-order valence-corrected chi connectivity index (χ0v) is 13.6. The molecule has 6 heteroatoms. The quantitative estimate of drug-likeness (QED) is 0.620. The number of ether oxygens (including phenoxy) is 2. The summed E-state index contributed by atoms with van der Waals surface area (Å²) in [5.74, 6) is -0.930. The molecule has 1 aliphatic heterocycles. The van der Waals surface area contributed by atoms with E-state index in [4.69, 9.17) is 9.47 Å². The lowest BCUT2D eigenvalue weighted by molar-refractivity contribution is -0.145. The Morgan fingerprint density at radius 1 is 1.13 bits per heavy atom. The number of hydrogen-bond donors (Lipinski definition) is 0. The molecule has 0 saturated carbocycles. The Balaban J connectivity index is 2.33. The van der Waals surface area contributed by atoms with Gasteiger partial charge in [-0.05, 0) is 38.5 Å². The van der Waals surface area contributed by atoms with Crippen LogP contribution in [0.5, 0.6) is 0 Å². The molecule has 5 nitrogen and oxygen atoms in total. The van der Waals surface area contributed by atoms with Gasteiger partial charge in [-0.25, -0.2) is 14.0 Å². The average Bonchev–Trinajstić information content (AvgIpc) is 2.90. The highest BCUT2D eigenvalue weighted by atomic mass is 19.1. The first-order valence-electron chi connectivity index (χ1n) is 7.26. The molecule has 23 heavy (non-hydrogen) atoms. The van der Waals surface area contributed by atoms with E-state index in [1.54, 1.807) is 45.1 Å². The van der Waals surface area contributed by atoms with Crippen molar-refractivity contribution in [2.45, 2.75) is 38.5 Å². The molecule has 124 valence electrons. The van der Waals surface area contributed by atoms with Crippen molar-refractivity contribution in [1.29, 1.82) is 0 Å². The lowest BCUT2D eigenvalue weighted by atomic mass is 10.1. The molecule has 0 radical (unpaired) electrons. The van der Waals surface area contributed by atoms with Crippen LogP contribution in [0.3, 0.4) is 0 Å². The van der Waals surface area contributed by atoms with Gasteiger partial charge in [-0.3, -0.25) is 4.90 Å². The average molecular weight is 321 g/mol. The molecular formula is C17H20FNO4. The highest BCUT2D eigenvalue weighted by molar-refractivity contribution is 5.85. The van der Waals surface area contributed by atoms with E-state index in [9.17, 15) is 14.0 Å². The Morgan fingerprint density at radius 2 is 1.74 bits per heavy atom. The van der Waals surface area contributed by atoms with Gasteiger partial charge >= 0.3 is 12.1 Å². The van der Waals surface area contributed by atoms with E-state index in [1.165, 1.54) is 24.1 Å². The Morgan fingerprint density at radius 3 is 2.26 bits per heavy atom. The summed E-state index contributed by atoms with van der Waals surface area (Å²) in [5.41, 5.74) is -0.0202. The maximum atomic E-state index is 13.1. The normalized spacial score (nSPS) is 20.5. The van der Waals surface area contributed by atoms with Crippen LogP contribution in [-0.2, 0) is 14.3 Å². The number of hydrogen-bond acceptors (Lipinski definition) is 4. The molecule has 2 rings (SSSR count). The summed E-state index contributed by atoms with van der Waals surface area (Å²) in [6.45, 7) is 5.23. The third kappa shape index (κ3) is 3.88. The van der Waals surface area contributed by atoms with Gasteiger partial charge in [0.25, 0.3) is 0 Å². The van der Waals surface area contributed by atoms with Crippen LogP contribution in [-0.4, -0.2) is 35.7 Å². The van der Waals surface area contributed by atoms with Gasteiger partial charge in [0, 0.05) is 0 Å². The van der Waals surface area contributed by atoms with Crippen molar-refractivity contribution in [3.05, 3.63) is 47.8 Å². The van der Waals surface area contributed by atoms with E-state index in [2.05, 4.69) is 0 Å². The summed E-state index contributed by atoms with van der Waals surface area (Å²) in [6, 6.07) is 4.37. The minimum absolute atomic E-state index is 0.371. The highest BCUT2D eigenvalue weighted by Crippen LogP contribution is 2.32. The summed E-state index contributed by atoms with van der Waals surface area (Å²) >= 11 is 0. The molecule has 1 aromatic rings. The van der Waals surface area contributed by atoms with Crippen LogP contribution in [0.15, 0.2) is 36.4 Å². The summed E-state index contributed by atoms with van der Waals surface area (Å²) in [7, 11) is 1.26. The number of methoxy groups -OCH3 is 1. The SMILES string of the molecule is COC(=O)[C@@H]1C=C[C@H](c2ccc(F)cc2)N1C(=O)OC(C)(C)C. The summed E-state index contributed by atoms with van der Waals surface area (Å²) < 4.78 is 23.2. The van der Waals surface area contributed by atoms with Gasteiger partial charge < -0.3 is 9.47 Å². The number of benzene rings is 1. The molecule has 0 fully saturated rings. The summed E-state index contributed by atoms with van der Waals surface area (Å²) in [5, 5.41) is 0. The van der Waals surface area contributed by atoms with Crippen molar-refractivity contribution in [3.8, 4) is 0 Å². The van der Waals surface area contributed by atoms with Gasteiger partial charge in [-0.2, -0.15) is 0 Å². The molecule has 0 spiro atoms. The van der Waals surface area contributed by atoms with Crippen molar-refractivity contribution in [2.24, 2.45) is 0 Å². The number of nitrogens with zero attached hydrogens (tertiary/aromatic N) is 1. The standard InChI is InChI=1S/C17H20FNO4/c1-17(2,3)23-16(21)19-13(9-10-14(19)15(20)22-4)11-5-7-12(18)8-6-11/h5-10,13-14H,1-4H3/t13-,14+/m1/s1. The smallest absolute Gasteiger partial charge is 0.412 e. The number of carbonyl (C=O) groups is 2. The predicted octanol–water partition coefficient (Wildman–Crippen LogP) is 3.22. The van der Waals surface area contributed by atoms with Crippen LogP contribution in [0.2, 0.25) is 0 Å². The Kier molecular flexibility index (Phi) is 4.73. The molecule has 0 N–H and O–H groups in total. The molecule has 0 aliphatic carbocycles. The fourth-order valence-electron chi connectivity index (χ4n) is 2.36. The van der Waals surface area contributed by atoms with Crippen LogP contribution in [0, 0.1) is 5.82 Å². The number of esters is 1. The van der Waals surface area contributed by atoms with E-state index < -0.39 is 29.7 Å². The van der Waals surface area contributed by atoms with Crippen LogP contribution in [0.1, 0.15) is 32.4 Å². The topological polar surface area (TPSA) is 55.8 Å². The predicted molar refractivity (Wildman–Crippen MR) is 82.2 cm³/mol. The fourth-order valence-corrected chi connectivity index (χ4v) is 2.36. The summed E-state index contributed by atoms with van der Waals surface area (Å²) in [4.78, 5) is 25.8. The van der Waals surface area contributed by atoms with E-state index in [0.29, 0.717) is 5.56 Å². The van der Waals surface area contributed by atoms with Crippen molar-refractivity contribution >= 4 is 12.1 Å². The van der Waals surface area contributed by atoms with Crippen LogP contribution in [0.25, 0.3) is 0 Å². The first-order chi connectivity index (χ1) is 10.7. The molecule has 2 atom stereocenters. The monoisotopic (exact) mass is 321 g/mol. The first-order valence-corrected chi connectivity index (χ1v) is 7.26. The van der Waals surface area contributed by atoms with Crippen LogP contribution in [0.4, 0.5) is 9.18 Å². The second-order valence-electron chi connectivity index (χ2n) is 6.24. The molecule has 0 bridgehead atoms.